The molecule has 0 atom stereocenters. The van der Waals surface area contributed by atoms with Crippen LogP contribution in [0.1, 0.15) is 35.2 Å². The fourth-order valence-electron chi connectivity index (χ4n) is 3.09. The maximum absolute atomic E-state index is 12.4. The maximum atomic E-state index is 12.4. The number of carbonyl (C=O) groups is 1. The fourth-order valence-corrected chi connectivity index (χ4v) is 3.72. The third-order valence-corrected chi connectivity index (χ3v) is 5.64. The number of rotatable bonds is 5. The van der Waals surface area contributed by atoms with Crippen LogP contribution in [0.4, 0.5) is 5.82 Å². The predicted octanol–water partition coefficient (Wildman–Crippen LogP) is 2.41. The van der Waals surface area contributed by atoms with Crippen LogP contribution in [-0.2, 0) is 16.4 Å². The van der Waals surface area contributed by atoms with E-state index in [1.54, 1.807) is 6.20 Å². The molecule has 1 aromatic carbocycles. The van der Waals surface area contributed by atoms with E-state index < -0.39 is 9.84 Å². The summed E-state index contributed by atoms with van der Waals surface area (Å²) < 4.78 is 23.0. The smallest absolute Gasteiger partial charge is 0.251 e. The molecule has 0 saturated carbocycles. The van der Waals surface area contributed by atoms with Gasteiger partial charge in [-0.05, 0) is 49.6 Å². The number of piperidine rings is 1. The van der Waals surface area contributed by atoms with Gasteiger partial charge in [0.15, 0.2) is 9.84 Å². The Morgan fingerprint density at radius 1 is 1.12 bits per heavy atom. The first-order valence-corrected chi connectivity index (χ1v) is 10.6. The van der Waals surface area contributed by atoms with Gasteiger partial charge in [-0.15, -0.1) is 0 Å². The molecule has 1 N–H and O–H groups in total. The van der Waals surface area contributed by atoms with Gasteiger partial charge in [-0.1, -0.05) is 6.07 Å². The number of hydrogen-bond acceptors (Lipinski definition) is 5. The predicted molar refractivity (Wildman–Crippen MR) is 101 cm³/mol. The van der Waals surface area contributed by atoms with Crippen LogP contribution in [-0.4, -0.2) is 38.7 Å². The summed E-state index contributed by atoms with van der Waals surface area (Å²) in [7, 11) is -3.26. The molecule has 0 aliphatic carbocycles. The van der Waals surface area contributed by atoms with Gasteiger partial charge >= 0.3 is 0 Å². The third kappa shape index (κ3) is 4.40. The van der Waals surface area contributed by atoms with E-state index in [4.69, 9.17) is 0 Å². The van der Waals surface area contributed by atoms with Gasteiger partial charge in [-0.3, -0.25) is 4.79 Å². The van der Waals surface area contributed by atoms with Gasteiger partial charge in [-0.2, -0.15) is 0 Å². The molecular formula is C19H23N3O3S. The lowest BCUT2D eigenvalue weighted by Gasteiger charge is -2.29. The van der Waals surface area contributed by atoms with Crippen molar-refractivity contribution in [2.75, 3.05) is 24.2 Å². The highest BCUT2D eigenvalue weighted by Gasteiger charge is 2.16. The Morgan fingerprint density at radius 3 is 2.46 bits per heavy atom. The number of nitrogens with one attached hydrogen (secondary N) is 1. The number of pyridine rings is 1. The minimum Gasteiger partial charge on any atom is -0.356 e. The van der Waals surface area contributed by atoms with E-state index in [1.165, 1.54) is 30.7 Å². The Labute approximate surface area is 154 Å². The normalized spacial score (nSPS) is 14.9. The minimum atomic E-state index is -3.26. The summed E-state index contributed by atoms with van der Waals surface area (Å²) in [6.07, 6.45) is 6.49. The minimum absolute atomic E-state index is 0.202. The second-order valence-electron chi connectivity index (χ2n) is 6.51. The monoisotopic (exact) mass is 373 g/mol. The molecule has 0 spiro atoms. The van der Waals surface area contributed by atoms with Gasteiger partial charge in [-0.25, -0.2) is 13.4 Å². The molecule has 138 valence electrons. The zero-order valence-corrected chi connectivity index (χ0v) is 15.6. The van der Waals surface area contributed by atoms with Crippen LogP contribution in [0.5, 0.6) is 0 Å². The van der Waals surface area contributed by atoms with Crippen LogP contribution in [0.15, 0.2) is 47.5 Å². The third-order valence-electron chi connectivity index (χ3n) is 4.51. The zero-order chi connectivity index (χ0) is 18.6. The Balaban J connectivity index is 1.68. The van der Waals surface area contributed by atoms with Gasteiger partial charge in [0.1, 0.15) is 5.82 Å². The zero-order valence-electron chi connectivity index (χ0n) is 14.8. The number of hydrogen-bond donors (Lipinski definition) is 1. The lowest BCUT2D eigenvalue weighted by molar-refractivity contribution is 0.0951. The molecule has 0 unspecified atom stereocenters. The number of sulfone groups is 1. The number of benzene rings is 1. The van der Waals surface area contributed by atoms with Gasteiger partial charge in [0.2, 0.25) is 0 Å². The summed E-state index contributed by atoms with van der Waals surface area (Å²) in [4.78, 5) is 19.3. The van der Waals surface area contributed by atoms with Gasteiger partial charge in [0.25, 0.3) is 5.91 Å². The number of amides is 1. The number of anilines is 1. The van der Waals surface area contributed by atoms with Crippen molar-refractivity contribution >= 4 is 21.6 Å². The quantitative estimate of drug-likeness (QED) is 0.871. The summed E-state index contributed by atoms with van der Waals surface area (Å²) in [5.41, 5.74) is 1.41. The van der Waals surface area contributed by atoms with Crippen LogP contribution >= 0.6 is 0 Å². The molecule has 6 nitrogen and oxygen atoms in total. The molecule has 1 amide bonds. The SMILES string of the molecule is CS(=O)(=O)c1ccc(C(=O)NCc2cccnc2N2CCCCC2)cc1. The van der Waals surface area contributed by atoms with Crippen LogP contribution in [0.25, 0.3) is 0 Å². The first kappa shape index (κ1) is 18.4. The largest absolute Gasteiger partial charge is 0.356 e. The summed E-state index contributed by atoms with van der Waals surface area (Å²) in [6, 6.07) is 9.81. The molecular weight excluding hydrogens is 350 g/mol. The summed E-state index contributed by atoms with van der Waals surface area (Å²) in [6.45, 7) is 2.36. The molecule has 0 radical (unpaired) electrons. The maximum Gasteiger partial charge on any atom is 0.251 e. The molecule has 3 rings (SSSR count). The summed E-state index contributed by atoms with van der Waals surface area (Å²) in [5, 5.41) is 2.90. The van der Waals surface area contributed by atoms with Crippen LogP contribution in [0.2, 0.25) is 0 Å². The van der Waals surface area contributed by atoms with Crippen molar-refractivity contribution in [1.29, 1.82) is 0 Å². The Bertz CT molecular complexity index is 873. The molecule has 2 heterocycles. The fraction of sp³-hybridized carbons (Fsp3) is 0.368. The second kappa shape index (κ2) is 7.86. The number of carbonyl (C=O) groups excluding carboxylic acids is 1. The number of aromatic nitrogens is 1. The van der Waals surface area contributed by atoms with E-state index in [9.17, 15) is 13.2 Å². The standard InChI is InChI=1S/C19H23N3O3S/c1-26(24,25)17-9-7-15(8-10-17)19(23)21-14-16-6-5-11-20-18(16)22-12-3-2-4-13-22/h5-11H,2-4,12-14H2,1H3,(H,21,23). The molecule has 1 aliphatic rings. The van der Waals surface area contributed by atoms with Crippen LogP contribution in [0.3, 0.4) is 0 Å². The molecule has 0 bridgehead atoms. The van der Waals surface area contributed by atoms with E-state index in [0.717, 1.165) is 43.6 Å². The van der Waals surface area contributed by atoms with E-state index in [2.05, 4.69) is 15.2 Å². The summed E-state index contributed by atoms with van der Waals surface area (Å²) >= 11 is 0. The van der Waals surface area contributed by atoms with E-state index in [0.29, 0.717) is 12.1 Å². The average Bonchev–Trinajstić information content (AvgIpc) is 2.66. The Hall–Kier alpha value is -2.41. The highest BCUT2D eigenvalue weighted by atomic mass is 32.2. The van der Waals surface area contributed by atoms with Crippen molar-refractivity contribution in [2.45, 2.75) is 30.7 Å². The van der Waals surface area contributed by atoms with Gasteiger partial charge < -0.3 is 10.2 Å². The van der Waals surface area contributed by atoms with E-state index in [1.807, 2.05) is 12.1 Å². The summed E-state index contributed by atoms with van der Waals surface area (Å²) in [5.74, 6) is 0.693. The van der Waals surface area contributed by atoms with Gasteiger partial charge in [0, 0.05) is 43.2 Å². The Morgan fingerprint density at radius 2 is 1.81 bits per heavy atom. The molecule has 1 saturated heterocycles. The topological polar surface area (TPSA) is 79.4 Å². The van der Waals surface area contributed by atoms with Crippen molar-refractivity contribution in [3.63, 3.8) is 0 Å². The molecule has 26 heavy (non-hydrogen) atoms. The van der Waals surface area contributed by atoms with E-state index in [-0.39, 0.29) is 10.8 Å². The highest BCUT2D eigenvalue weighted by Crippen LogP contribution is 2.21. The van der Waals surface area contributed by atoms with Crippen molar-refractivity contribution in [1.82, 2.24) is 10.3 Å². The molecule has 1 aromatic heterocycles. The second-order valence-corrected chi connectivity index (χ2v) is 8.53. The molecule has 2 aromatic rings. The van der Waals surface area contributed by atoms with Crippen molar-refractivity contribution in [3.8, 4) is 0 Å². The molecule has 1 fully saturated rings. The highest BCUT2D eigenvalue weighted by molar-refractivity contribution is 7.90. The Kier molecular flexibility index (Phi) is 5.56. The first-order chi connectivity index (χ1) is 12.4. The van der Waals surface area contributed by atoms with E-state index >= 15 is 0 Å². The van der Waals surface area contributed by atoms with Crippen LogP contribution < -0.4 is 10.2 Å². The lowest BCUT2D eigenvalue weighted by atomic mass is 10.1. The van der Waals surface area contributed by atoms with Crippen LogP contribution in [0, 0.1) is 0 Å². The average molecular weight is 373 g/mol. The molecule has 7 heteroatoms. The lowest BCUT2D eigenvalue weighted by Crippen LogP contribution is -2.32. The number of nitrogens with zero attached hydrogens (tertiary/aromatic N) is 2. The first-order valence-electron chi connectivity index (χ1n) is 8.72. The van der Waals surface area contributed by atoms with Crippen molar-refractivity contribution in [2.24, 2.45) is 0 Å². The van der Waals surface area contributed by atoms with Crippen molar-refractivity contribution < 1.29 is 13.2 Å². The van der Waals surface area contributed by atoms with Crippen molar-refractivity contribution in [3.05, 3.63) is 53.7 Å². The molecule has 1 aliphatic heterocycles. The van der Waals surface area contributed by atoms with Gasteiger partial charge in [0.05, 0.1) is 4.90 Å².